The minimum atomic E-state index is 0.394. The number of H-pyrrole nitrogens is 1. The van der Waals surface area contributed by atoms with Gasteiger partial charge >= 0.3 is 0 Å². The molecule has 6 heteroatoms. The van der Waals surface area contributed by atoms with Gasteiger partial charge in [-0.3, -0.25) is 10.00 Å². The molecule has 4 rings (SSSR count). The molecule has 0 radical (unpaired) electrons. The highest BCUT2D eigenvalue weighted by Gasteiger charge is 2.26. The Labute approximate surface area is 164 Å². The zero-order chi connectivity index (χ0) is 18.6. The normalized spacial score (nSPS) is 17.3. The van der Waals surface area contributed by atoms with Gasteiger partial charge in [0.05, 0.1) is 13.3 Å². The third-order valence-corrected chi connectivity index (χ3v) is 5.30. The Balaban J connectivity index is 1.52. The van der Waals surface area contributed by atoms with Crippen molar-refractivity contribution in [1.29, 1.82) is 0 Å². The fraction of sp³-hybridized carbons (Fsp3) is 0.333. The highest BCUT2D eigenvalue weighted by Crippen LogP contribution is 2.33. The number of likely N-dealkylation sites (tertiary alicyclic amines) is 1. The van der Waals surface area contributed by atoms with Gasteiger partial charge in [0.25, 0.3) is 0 Å². The number of benzene rings is 2. The monoisotopic (exact) mass is 380 g/mol. The average molecular weight is 381 g/mol. The van der Waals surface area contributed by atoms with E-state index in [0.717, 1.165) is 36.8 Å². The molecule has 27 heavy (non-hydrogen) atoms. The number of ether oxygens (including phenoxy) is 1. The minimum Gasteiger partial charge on any atom is -0.494 e. The highest BCUT2D eigenvalue weighted by molar-refractivity contribution is 7.71. The molecule has 1 fully saturated rings. The van der Waals surface area contributed by atoms with Gasteiger partial charge in [-0.25, -0.2) is 4.68 Å². The van der Waals surface area contributed by atoms with Gasteiger partial charge in [-0.1, -0.05) is 42.5 Å². The molecule has 0 aliphatic carbocycles. The quantitative estimate of drug-likeness (QED) is 0.624. The maximum absolute atomic E-state index is 5.56. The van der Waals surface area contributed by atoms with Crippen molar-refractivity contribution in [3.05, 3.63) is 64.9 Å². The molecule has 0 amide bonds. The second-order valence-electron chi connectivity index (χ2n) is 6.76. The lowest BCUT2D eigenvalue weighted by Crippen LogP contribution is -2.26. The molecule has 3 aromatic rings. The van der Waals surface area contributed by atoms with Crippen molar-refractivity contribution in [1.82, 2.24) is 19.7 Å². The Morgan fingerprint density at radius 2 is 1.93 bits per heavy atom. The van der Waals surface area contributed by atoms with Crippen LogP contribution >= 0.6 is 12.2 Å². The molecule has 0 bridgehead atoms. The van der Waals surface area contributed by atoms with E-state index in [-0.39, 0.29) is 0 Å². The summed E-state index contributed by atoms with van der Waals surface area (Å²) in [5.41, 5.74) is 2.37. The van der Waals surface area contributed by atoms with Crippen LogP contribution in [0.1, 0.15) is 31.4 Å². The Bertz CT molecular complexity index is 933. The lowest BCUT2D eigenvalue weighted by molar-refractivity contribution is 0.190. The summed E-state index contributed by atoms with van der Waals surface area (Å²) in [7, 11) is 0. The van der Waals surface area contributed by atoms with E-state index in [0.29, 0.717) is 17.4 Å². The molecule has 5 nitrogen and oxygen atoms in total. The number of nitrogens with zero attached hydrogens (tertiary/aromatic N) is 3. The van der Waals surface area contributed by atoms with Crippen LogP contribution in [-0.4, -0.2) is 32.8 Å². The molecule has 1 aliphatic heterocycles. The standard InChI is InChI=1S/C21H24N4OS/c1-2-26-18-12-10-16(11-13-18)19-9-6-14-24(19)15-25-21(27)22-20(23-25)17-7-4-3-5-8-17/h3-5,7-8,10-13,19H,2,6,9,14-15H2,1H3,(H,22,23,27). The molecule has 2 aromatic carbocycles. The van der Waals surface area contributed by atoms with E-state index in [9.17, 15) is 0 Å². The fourth-order valence-electron chi connectivity index (χ4n) is 3.69. The third kappa shape index (κ3) is 3.96. The highest BCUT2D eigenvalue weighted by atomic mass is 32.1. The zero-order valence-electron chi connectivity index (χ0n) is 15.5. The summed E-state index contributed by atoms with van der Waals surface area (Å²) < 4.78 is 8.11. The van der Waals surface area contributed by atoms with Crippen molar-refractivity contribution in [2.75, 3.05) is 13.2 Å². The first-order valence-electron chi connectivity index (χ1n) is 9.43. The molecule has 1 aliphatic rings. The van der Waals surface area contributed by atoms with Crippen LogP contribution < -0.4 is 4.74 Å². The average Bonchev–Trinajstić information content (AvgIpc) is 3.31. The van der Waals surface area contributed by atoms with E-state index in [1.54, 1.807) is 0 Å². The van der Waals surface area contributed by atoms with Gasteiger partial charge in [0.2, 0.25) is 4.77 Å². The summed E-state index contributed by atoms with van der Waals surface area (Å²) in [6, 6.07) is 19.0. The van der Waals surface area contributed by atoms with Gasteiger partial charge in [-0.15, -0.1) is 0 Å². The molecule has 1 saturated heterocycles. The van der Waals surface area contributed by atoms with Crippen molar-refractivity contribution >= 4 is 12.2 Å². The lowest BCUT2D eigenvalue weighted by atomic mass is 10.0. The first kappa shape index (κ1) is 17.9. The summed E-state index contributed by atoms with van der Waals surface area (Å²) in [6.07, 6.45) is 2.34. The van der Waals surface area contributed by atoms with Crippen molar-refractivity contribution in [3.63, 3.8) is 0 Å². The van der Waals surface area contributed by atoms with Crippen molar-refractivity contribution in [2.45, 2.75) is 32.5 Å². The third-order valence-electron chi connectivity index (χ3n) is 4.99. The summed E-state index contributed by atoms with van der Waals surface area (Å²) in [6.45, 7) is 4.47. The topological polar surface area (TPSA) is 46.1 Å². The minimum absolute atomic E-state index is 0.394. The van der Waals surface area contributed by atoms with Crippen molar-refractivity contribution in [2.24, 2.45) is 0 Å². The Hall–Kier alpha value is -2.44. The van der Waals surface area contributed by atoms with Crippen molar-refractivity contribution < 1.29 is 4.74 Å². The molecule has 0 saturated carbocycles. The molecule has 1 N–H and O–H groups in total. The van der Waals surface area contributed by atoms with Crippen LogP contribution in [0.5, 0.6) is 5.75 Å². The number of aromatic nitrogens is 3. The molecule has 1 atom stereocenters. The molecule has 0 spiro atoms. The van der Waals surface area contributed by atoms with E-state index in [1.165, 1.54) is 12.0 Å². The number of nitrogens with one attached hydrogen (secondary N) is 1. The Morgan fingerprint density at radius 1 is 1.15 bits per heavy atom. The van der Waals surface area contributed by atoms with Gasteiger partial charge in [0.1, 0.15) is 5.75 Å². The Kier molecular flexibility index (Phi) is 5.36. The molecular formula is C21H24N4OS. The largest absolute Gasteiger partial charge is 0.494 e. The van der Waals surface area contributed by atoms with Crippen LogP contribution in [-0.2, 0) is 6.67 Å². The van der Waals surface area contributed by atoms with Crippen LogP contribution in [0.25, 0.3) is 11.4 Å². The van der Waals surface area contributed by atoms with E-state index >= 15 is 0 Å². The number of hydrogen-bond donors (Lipinski definition) is 1. The Morgan fingerprint density at radius 3 is 2.67 bits per heavy atom. The fourth-order valence-corrected chi connectivity index (χ4v) is 3.88. The van der Waals surface area contributed by atoms with Gasteiger partial charge in [-0.05, 0) is 49.7 Å². The SMILES string of the molecule is CCOc1ccc(C2CCCN2Cn2[nH]c(-c3ccccc3)nc2=S)cc1. The van der Waals surface area contributed by atoms with Gasteiger partial charge in [0.15, 0.2) is 5.82 Å². The first-order chi connectivity index (χ1) is 13.2. The maximum Gasteiger partial charge on any atom is 0.217 e. The number of rotatable bonds is 6. The van der Waals surface area contributed by atoms with Crippen LogP contribution in [0.4, 0.5) is 0 Å². The lowest BCUT2D eigenvalue weighted by Gasteiger charge is -2.25. The van der Waals surface area contributed by atoms with E-state index in [1.807, 2.05) is 41.9 Å². The second kappa shape index (κ2) is 8.06. The van der Waals surface area contributed by atoms with Crippen LogP contribution in [0.3, 0.4) is 0 Å². The predicted octanol–water partition coefficient (Wildman–Crippen LogP) is 4.80. The molecular weight excluding hydrogens is 356 g/mol. The van der Waals surface area contributed by atoms with Crippen LogP contribution in [0, 0.1) is 4.77 Å². The van der Waals surface area contributed by atoms with Crippen LogP contribution in [0.2, 0.25) is 0 Å². The summed E-state index contributed by atoms with van der Waals surface area (Å²) in [5, 5.41) is 3.36. The predicted molar refractivity (Wildman–Crippen MR) is 109 cm³/mol. The first-order valence-corrected chi connectivity index (χ1v) is 9.84. The van der Waals surface area contributed by atoms with E-state index in [2.05, 4.69) is 39.2 Å². The zero-order valence-corrected chi connectivity index (χ0v) is 16.3. The summed E-state index contributed by atoms with van der Waals surface area (Å²) >= 11 is 5.49. The smallest absolute Gasteiger partial charge is 0.217 e. The summed E-state index contributed by atoms with van der Waals surface area (Å²) in [4.78, 5) is 6.99. The van der Waals surface area contributed by atoms with E-state index < -0.39 is 0 Å². The maximum atomic E-state index is 5.56. The van der Waals surface area contributed by atoms with Crippen molar-refractivity contribution in [3.8, 4) is 17.1 Å². The van der Waals surface area contributed by atoms with Gasteiger partial charge < -0.3 is 4.74 Å². The van der Waals surface area contributed by atoms with Gasteiger partial charge in [0, 0.05) is 18.2 Å². The molecule has 1 unspecified atom stereocenters. The van der Waals surface area contributed by atoms with Gasteiger partial charge in [-0.2, -0.15) is 4.98 Å². The molecule has 2 heterocycles. The van der Waals surface area contributed by atoms with Crippen LogP contribution in [0.15, 0.2) is 54.6 Å². The number of aromatic amines is 1. The van der Waals surface area contributed by atoms with E-state index in [4.69, 9.17) is 17.0 Å². The molecule has 1 aromatic heterocycles. The second-order valence-corrected chi connectivity index (χ2v) is 7.13. The summed E-state index contributed by atoms with van der Waals surface area (Å²) in [5.74, 6) is 1.74. The number of hydrogen-bond acceptors (Lipinski definition) is 4. The molecule has 140 valence electrons.